The molecule has 0 saturated carbocycles. The van der Waals surface area contributed by atoms with Crippen molar-refractivity contribution in [2.24, 2.45) is 0 Å². The summed E-state index contributed by atoms with van der Waals surface area (Å²) >= 11 is 0. The van der Waals surface area contributed by atoms with Crippen LogP contribution < -0.4 is 0 Å². The summed E-state index contributed by atoms with van der Waals surface area (Å²) in [6, 6.07) is 8.41. The summed E-state index contributed by atoms with van der Waals surface area (Å²) in [5.41, 5.74) is 3.65. The molecule has 1 fully saturated rings. The van der Waals surface area contributed by atoms with Gasteiger partial charge in [-0.1, -0.05) is 19.6 Å². The molecule has 0 radical (unpaired) electrons. The van der Waals surface area contributed by atoms with E-state index in [0.717, 1.165) is 5.52 Å². The molecule has 0 spiro atoms. The van der Waals surface area contributed by atoms with Crippen LogP contribution in [-0.2, 0) is 4.74 Å². The van der Waals surface area contributed by atoms with Gasteiger partial charge in [0.1, 0.15) is 18.3 Å². The van der Waals surface area contributed by atoms with Gasteiger partial charge in [-0.25, -0.2) is 0 Å². The number of aryl methyl sites for hydroxylation is 2. The molecule has 5 heteroatoms. The molecule has 1 aliphatic rings. The van der Waals surface area contributed by atoms with Gasteiger partial charge in [-0.2, -0.15) is 0 Å². The van der Waals surface area contributed by atoms with Crippen molar-refractivity contribution < 1.29 is 20.1 Å². The van der Waals surface area contributed by atoms with Crippen molar-refractivity contribution in [2.45, 2.75) is 65.6 Å². The standard InChI is InChI=1S/C11H11N.C7H14O4.CH4/c1-8-3-4-10-9(2)5-6-12-11(10)7-8;1-3-5(8)7(10)6(9)4(2)11-3;/h3-7H,1-2H3;3-10H,1-2H3;1H4. The highest BCUT2D eigenvalue weighted by Gasteiger charge is 2.39. The lowest BCUT2D eigenvalue weighted by molar-refractivity contribution is -0.211. The highest BCUT2D eigenvalue weighted by atomic mass is 16.5. The molecule has 2 heterocycles. The maximum atomic E-state index is 9.21. The van der Waals surface area contributed by atoms with E-state index in [4.69, 9.17) is 4.74 Å². The first-order chi connectivity index (χ1) is 10.8. The van der Waals surface area contributed by atoms with E-state index < -0.39 is 30.5 Å². The molecule has 134 valence electrons. The van der Waals surface area contributed by atoms with Gasteiger partial charge < -0.3 is 20.1 Å². The zero-order valence-corrected chi connectivity index (χ0v) is 14.0. The molecule has 5 nitrogen and oxygen atoms in total. The van der Waals surface area contributed by atoms with Crippen LogP contribution in [0, 0.1) is 13.8 Å². The van der Waals surface area contributed by atoms with Crippen molar-refractivity contribution >= 4 is 10.9 Å². The number of benzene rings is 1. The second kappa shape index (κ2) is 8.53. The third-order valence-electron chi connectivity index (χ3n) is 4.21. The molecule has 3 N–H and O–H groups in total. The normalized spacial score (nSPS) is 29.4. The summed E-state index contributed by atoms with van der Waals surface area (Å²) in [5.74, 6) is 0. The Labute approximate surface area is 143 Å². The van der Waals surface area contributed by atoms with Crippen LogP contribution in [0.3, 0.4) is 0 Å². The van der Waals surface area contributed by atoms with E-state index in [9.17, 15) is 15.3 Å². The van der Waals surface area contributed by atoms with Gasteiger partial charge in [0, 0.05) is 11.6 Å². The van der Waals surface area contributed by atoms with Crippen molar-refractivity contribution in [3.63, 3.8) is 0 Å². The molecule has 0 amide bonds. The fourth-order valence-electron chi connectivity index (χ4n) is 2.66. The fraction of sp³-hybridized carbons (Fsp3) is 0.526. The lowest BCUT2D eigenvalue weighted by Gasteiger charge is -2.37. The van der Waals surface area contributed by atoms with Crippen LogP contribution in [0.15, 0.2) is 30.5 Å². The van der Waals surface area contributed by atoms with E-state index in [2.05, 4.69) is 37.0 Å². The molecule has 3 rings (SSSR count). The molecule has 1 aromatic carbocycles. The highest BCUT2D eigenvalue weighted by Crippen LogP contribution is 2.20. The number of aliphatic hydroxyl groups excluding tert-OH is 3. The maximum Gasteiger partial charge on any atom is 0.111 e. The third kappa shape index (κ3) is 4.51. The minimum atomic E-state index is -1.09. The van der Waals surface area contributed by atoms with Gasteiger partial charge in [0.05, 0.1) is 17.7 Å². The molecule has 2 aromatic rings. The molecule has 1 aliphatic heterocycles. The molecule has 24 heavy (non-hydrogen) atoms. The number of aromatic nitrogens is 1. The lowest BCUT2D eigenvalue weighted by atomic mass is 9.97. The topological polar surface area (TPSA) is 82.8 Å². The van der Waals surface area contributed by atoms with Gasteiger partial charge in [-0.15, -0.1) is 0 Å². The lowest BCUT2D eigenvalue weighted by Crippen LogP contribution is -2.55. The second-order valence-corrected chi connectivity index (χ2v) is 6.17. The molecule has 0 bridgehead atoms. The first-order valence-corrected chi connectivity index (χ1v) is 7.83. The van der Waals surface area contributed by atoms with Crippen molar-refractivity contribution in [3.8, 4) is 0 Å². The van der Waals surface area contributed by atoms with Crippen LogP contribution in [0.4, 0.5) is 0 Å². The van der Waals surface area contributed by atoms with Crippen LogP contribution in [0.25, 0.3) is 10.9 Å². The minimum absolute atomic E-state index is 0. The van der Waals surface area contributed by atoms with Gasteiger partial charge >= 0.3 is 0 Å². The molecule has 0 aliphatic carbocycles. The Kier molecular flexibility index (Phi) is 7.29. The first-order valence-electron chi connectivity index (χ1n) is 7.83. The van der Waals surface area contributed by atoms with Gasteiger partial charge in [-0.3, -0.25) is 4.98 Å². The third-order valence-corrected chi connectivity index (χ3v) is 4.21. The van der Waals surface area contributed by atoms with E-state index in [1.54, 1.807) is 13.8 Å². The summed E-state index contributed by atoms with van der Waals surface area (Å²) in [4.78, 5) is 4.30. The number of aliphatic hydroxyl groups is 3. The second-order valence-electron chi connectivity index (χ2n) is 6.17. The molecule has 4 atom stereocenters. The first kappa shape index (κ1) is 20.5. The number of rotatable bonds is 0. The SMILES string of the molecule is C.CC1OC(C)C(O)C(O)C1O.Cc1ccc2c(C)ccnc2c1. The zero-order chi connectivity index (χ0) is 17.1. The number of ether oxygens (including phenoxy) is 1. The van der Waals surface area contributed by atoms with Gasteiger partial charge in [0.15, 0.2) is 0 Å². The monoisotopic (exact) mass is 335 g/mol. The summed E-state index contributed by atoms with van der Waals surface area (Å²) in [6.07, 6.45) is -2.03. The van der Waals surface area contributed by atoms with Crippen LogP contribution in [-0.4, -0.2) is 50.8 Å². The van der Waals surface area contributed by atoms with E-state index in [-0.39, 0.29) is 7.43 Å². The minimum Gasteiger partial charge on any atom is -0.388 e. The van der Waals surface area contributed by atoms with Gasteiger partial charge in [-0.05, 0) is 51.0 Å². The van der Waals surface area contributed by atoms with Crippen LogP contribution in [0.1, 0.15) is 32.4 Å². The van der Waals surface area contributed by atoms with Crippen molar-refractivity contribution in [3.05, 3.63) is 41.6 Å². The van der Waals surface area contributed by atoms with Crippen LogP contribution in [0.5, 0.6) is 0 Å². The van der Waals surface area contributed by atoms with Crippen LogP contribution >= 0.6 is 0 Å². The summed E-state index contributed by atoms with van der Waals surface area (Å²) < 4.78 is 5.12. The average Bonchev–Trinajstić information content (AvgIpc) is 2.52. The Balaban J connectivity index is 0.000000232. The Morgan fingerprint density at radius 1 is 0.917 bits per heavy atom. The Morgan fingerprint density at radius 3 is 2.08 bits per heavy atom. The zero-order valence-electron chi connectivity index (χ0n) is 14.0. The molecular formula is C19H29NO4. The molecule has 4 unspecified atom stereocenters. The summed E-state index contributed by atoms with van der Waals surface area (Å²) in [5, 5.41) is 28.9. The van der Waals surface area contributed by atoms with Crippen molar-refractivity contribution in [1.29, 1.82) is 0 Å². The predicted octanol–water partition coefficient (Wildman–Crippen LogP) is 2.36. The largest absolute Gasteiger partial charge is 0.388 e. The smallest absolute Gasteiger partial charge is 0.111 e. The molecule has 1 saturated heterocycles. The summed E-state index contributed by atoms with van der Waals surface area (Å²) in [7, 11) is 0. The van der Waals surface area contributed by atoms with Gasteiger partial charge in [0.25, 0.3) is 0 Å². The molecule has 1 aromatic heterocycles. The van der Waals surface area contributed by atoms with E-state index in [1.165, 1.54) is 16.5 Å². The predicted molar refractivity (Wildman–Crippen MR) is 96.0 cm³/mol. The molecular weight excluding hydrogens is 306 g/mol. The number of hydrogen-bond acceptors (Lipinski definition) is 5. The number of hydrogen-bond donors (Lipinski definition) is 3. The average molecular weight is 335 g/mol. The van der Waals surface area contributed by atoms with Crippen LogP contribution in [0.2, 0.25) is 0 Å². The van der Waals surface area contributed by atoms with E-state index in [1.807, 2.05) is 12.3 Å². The maximum absolute atomic E-state index is 9.21. The summed E-state index contributed by atoms with van der Waals surface area (Å²) in [6.45, 7) is 7.52. The number of fused-ring (bicyclic) bond motifs is 1. The fourth-order valence-corrected chi connectivity index (χ4v) is 2.66. The van der Waals surface area contributed by atoms with E-state index in [0.29, 0.717) is 0 Å². The Hall–Kier alpha value is -1.53. The Morgan fingerprint density at radius 2 is 1.50 bits per heavy atom. The number of pyridine rings is 1. The Bertz CT molecular complexity index is 647. The van der Waals surface area contributed by atoms with Crippen molar-refractivity contribution in [2.75, 3.05) is 0 Å². The quantitative estimate of drug-likeness (QED) is 0.688. The van der Waals surface area contributed by atoms with Crippen molar-refractivity contribution in [1.82, 2.24) is 4.98 Å². The van der Waals surface area contributed by atoms with Gasteiger partial charge in [0.2, 0.25) is 0 Å². The highest BCUT2D eigenvalue weighted by molar-refractivity contribution is 5.82. The number of nitrogens with zero attached hydrogens (tertiary/aromatic N) is 1. The van der Waals surface area contributed by atoms with E-state index >= 15 is 0 Å².